The van der Waals surface area contributed by atoms with Crippen molar-refractivity contribution < 1.29 is 28.7 Å². The molecule has 1 saturated heterocycles. The van der Waals surface area contributed by atoms with Gasteiger partial charge < -0.3 is 24.0 Å². The van der Waals surface area contributed by atoms with Crippen LogP contribution in [0.1, 0.15) is 31.1 Å². The van der Waals surface area contributed by atoms with E-state index in [1.807, 2.05) is 20.8 Å². The molecule has 0 bridgehead atoms. The highest BCUT2D eigenvalue weighted by atomic mass is 32.1. The second kappa shape index (κ2) is 9.97. The van der Waals surface area contributed by atoms with Crippen LogP contribution in [0.4, 0.5) is 15.6 Å². The molecule has 3 aromatic rings. The third-order valence-electron chi connectivity index (χ3n) is 5.40. The van der Waals surface area contributed by atoms with E-state index in [9.17, 15) is 19.7 Å². The predicted octanol–water partition coefficient (Wildman–Crippen LogP) is 4.49. The molecule has 0 spiro atoms. The third kappa shape index (κ3) is 5.48. The van der Waals surface area contributed by atoms with Gasteiger partial charge in [-0.3, -0.25) is 10.1 Å². The highest BCUT2D eigenvalue weighted by molar-refractivity contribution is 7.22. The number of nitrogens with zero attached hydrogens (tertiary/aromatic N) is 4. The van der Waals surface area contributed by atoms with Crippen LogP contribution in [-0.2, 0) is 4.74 Å². The Labute approximate surface area is 211 Å². The summed E-state index contributed by atoms with van der Waals surface area (Å²) in [7, 11) is 1.53. The maximum Gasteiger partial charge on any atom is 0.410 e. The van der Waals surface area contributed by atoms with E-state index in [1.165, 1.54) is 42.7 Å². The van der Waals surface area contributed by atoms with Crippen LogP contribution in [0.25, 0.3) is 10.2 Å². The lowest BCUT2D eigenvalue weighted by Crippen LogP contribution is -2.50. The predicted molar refractivity (Wildman–Crippen MR) is 134 cm³/mol. The van der Waals surface area contributed by atoms with Gasteiger partial charge in [-0.15, -0.1) is 0 Å². The number of carbonyl (C=O) groups is 2. The highest BCUT2D eigenvalue weighted by Crippen LogP contribution is 2.37. The quantitative estimate of drug-likeness (QED) is 0.210. The normalized spacial score (nSPS) is 14.0. The molecule has 190 valence electrons. The van der Waals surface area contributed by atoms with E-state index in [2.05, 4.69) is 4.90 Å². The second-order valence-electron chi connectivity index (χ2n) is 9.08. The molecule has 0 N–H and O–H groups in total. The fourth-order valence-electron chi connectivity index (χ4n) is 3.64. The van der Waals surface area contributed by atoms with Crippen LogP contribution in [0.3, 0.4) is 0 Å². The van der Waals surface area contributed by atoms with Gasteiger partial charge >= 0.3 is 12.1 Å². The maximum absolute atomic E-state index is 13.0. The number of piperazine rings is 1. The van der Waals surface area contributed by atoms with Crippen molar-refractivity contribution in [2.24, 2.45) is 0 Å². The number of hydrogen-bond acceptors (Lipinski definition) is 10. The van der Waals surface area contributed by atoms with Crippen molar-refractivity contribution in [3.63, 3.8) is 0 Å². The van der Waals surface area contributed by atoms with Gasteiger partial charge in [-0.05, 0) is 45.0 Å². The van der Waals surface area contributed by atoms with E-state index in [4.69, 9.17) is 19.2 Å². The Morgan fingerprint density at radius 2 is 1.72 bits per heavy atom. The summed E-state index contributed by atoms with van der Waals surface area (Å²) in [4.78, 5) is 44.1. The van der Waals surface area contributed by atoms with E-state index in [0.29, 0.717) is 52.8 Å². The zero-order valence-electron chi connectivity index (χ0n) is 20.3. The van der Waals surface area contributed by atoms with Gasteiger partial charge in [0.05, 0.1) is 22.3 Å². The number of anilines is 1. The van der Waals surface area contributed by atoms with E-state index < -0.39 is 16.5 Å². The first-order valence-electron chi connectivity index (χ1n) is 11.2. The molecule has 4 rings (SSSR count). The van der Waals surface area contributed by atoms with Crippen molar-refractivity contribution in [1.29, 1.82) is 0 Å². The molecule has 1 amide bonds. The van der Waals surface area contributed by atoms with Gasteiger partial charge in [0.2, 0.25) is 0 Å². The number of carbonyl (C=O) groups excluding carboxylic acids is 2. The first-order chi connectivity index (χ1) is 17.1. The average Bonchev–Trinajstić information content (AvgIpc) is 3.28. The number of amides is 1. The molecule has 0 radical (unpaired) electrons. The Balaban J connectivity index is 1.53. The number of thiazole rings is 1. The van der Waals surface area contributed by atoms with Crippen molar-refractivity contribution >= 4 is 44.4 Å². The molecule has 1 aliphatic heterocycles. The van der Waals surface area contributed by atoms with Crippen molar-refractivity contribution in [2.75, 3.05) is 38.2 Å². The van der Waals surface area contributed by atoms with Crippen LogP contribution in [0, 0.1) is 10.1 Å². The number of aromatic nitrogens is 1. The molecule has 2 heterocycles. The zero-order chi connectivity index (χ0) is 26.0. The van der Waals surface area contributed by atoms with Crippen LogP contribution in [0.15, 0.2) is 36.4 Å². The SMILES string of the molecule is COc1ccc(C(=O)Oc2ccc([N+](=O)[O-])cc2)c2sc(N3CCN(C(=O)OC(C)(C)C)CC3)nc12. The number of fused-ring (bicyclic) bond motifs is 1. The minimum Gasteiger partial charge on any atom is -0.494 e. The lowest BCUT2D eigenvalue weighted by Gasteiger charge is -2.35. The molecular formula is C24H26N4O7S. The molecule has 1 fully saturated rings. The van der Waals surface area contributed by atoms with Gasteiger partial charge in [0.25, 0.3) is 5.69 Å². The number of ether oxygens (including phenoxy) is 3. The summed E-state index contributed by atoms with van der Waals surface area (Å²) >= 11 is 1.33. The Kier molecular flexibility index (Phi) is 6.97. The number of nitro groups is 1. The van der Waals surface area contributed by atoms with Crippen LogP contribution >= 0.6 is 11.3 Å². The molecule has 12 heteroatoms. The first-order valence-corrected chi connectivity index (χ1v) is 12.0. The zero-order valence-corrected chi connectivity index (χ0v) is 21.2. The molecule has 0 unspecified atom stereocenters. The number of rotatable bonds is 5. The number of hydrogen-bond donors (Lipinski definition) is 0. The Bertz CT molecular complexity index is 1290. The Morgan fingerprint density at radius 3 is 2.31 bits per heavy atom. The molecule has 11 nitrogen and oxygen atoms in total. The lowest BCUT2D eigenvalue weighted by atomic mass is 10.2. The van der Waals surface area contributed by atoms with Crippen LogP contribution in [-0.4, -0.2) is 65.8 Å². The molecule has 0 saturated carbocycles. The molecule has 2 aromatic carbocycles. The number of benzene rings is 2. The van der Waals surface area contributed by atoms with E-state index >= 15 is 0 Å². The minimum atomic E-state index is -0.610. The van der Waals surface area contributed by atoms with Crippen molar-refractivity contribution in [1.82, 2.24) is 9.88 Å². The second-order valence-corrected chi connectivity index (χ2v) is 10.1. The van der Waals surface area contributed by atoms with Crippen molar-refractivity contribution in [3.8, 4) is 11.5 Å². The number of non-ortho nitro benzene ring substituents is 1. The van der Waals surface area contributed by atoms with Gasteiger partial charge in [-0.25, -0.2) is 14.6 Å². The molecule has 0 atom stereocenters. The minimum absolute atomic E-state index is 0.0968. The number of esters is 1. The summed E-state index contributed by atoms with van der Waals surface area (Å²) in [6, 6.07) is 8.55. The van der Waals surface area contributed by atoms with Crippen LogP contribution in [0.2, 0.25) is 0 Å². The van der Waals surface area contributed by atoms with Gasteiger partial charge in [-0.2, -0.15) is 0 Å². The van der Waals surface area contributed by atoms with Crippen LogP contribution < -0.4 is 14.4 Å². The van der Waals surface area contributed by atoms with E-state index in [0.717, 1.165) is 0 Å². The molecule has 1 aromatic heterocycles. The first kappa shape index (κ1) is 25.2. The van der Waals surface area contributed by atoms with E-state index in [1.54, 1.807) is 17.0 Å². The van der Waals surface area contributed by atoms with Gasteiger partial charge in [0.15, 0.2) is 5.13 Å². The van der Waals surface area contributed by atoms with Crippen LogP contribution in [0.5, 0.6) is 11.5 Å². The van der Waals surface area contributed by atoms with E-state index in [-0.39, 0.29) is 17.5 Å². The number of methoxy groups -OCH3 is 1. The molecular weight excluding hydrogens is 488 g/mol. The van der Waals surface area contributed by atoms with Crippen molar-refractivity contribution in [3.05, 3.63) is 52.1 Å². The topological polar surface area (TPSA) is 124 Å². The summed E-state index contributed by atoms with van der Waals surface area (Å²) in [5, 5.41) is 11.5. The molecule has 1 aliphatic rings. The Hall–Kier alpha value is -3.93. The fraction of sp³-hybridized carbons (Fsp3) is 0.375. The summed E-state index contributed by atoms with van der Waals surface area (Å²) in [6.45, 7) is 7.58. The fourth-order valence-corrected chi connectivity index (χ4v) is 4.77. The van der Waals surface area contributed by atoms with Crippen molar-refractivity contribution in [2.45, 2.75) is 26.4 Å². The summed E-state index contributed by atoms with van der Waals surface area (Å²) in [5.74, 6) is 0.103. The van der Waals surface area contributed by atoms with Gasteiger partial charge in [-0.1, -0.05) is 11.3 Å². The summed E-state index contributed by atoms with van der Waals surface area (Å²) < 4.78 is 17.0. The molecule has 0 aliphatic carbocycles. The van der Waals surface area contributed by atoms with Gasteiger partial charge in [0.1, 0.15) is 22.6 Å². The number of nitro benzene ring substituents is 1. The van der Waals surface area contributed by atoms with Gasteiger partial charge in [0, 0.05) is 38.3 Å². The Morgan fingerprint density at radius 1 is 1.06 bits per heavy atom. The smallest absolute Gasteiger partial charge is 0.410 e. The lowest BCUT2D eigenvalue weighted by molar-refractivity contribution is -0.384. The third-order valence-corrected chi connectivity index (χ3v) is 6.54. The summed E-state index contributed by atoms with van der Waals surface area (Å²) in [6.07, 6.45) is -0.343. The average molecular weight is 515 g/mol. The molecule has 36 heavy (non-hydrogen) atoms. The highest BCUT2D eigenvalue weighted by Gasteiger charge is 2.28. The largest absolute Gasteiger partial charge is 0.494 e. The summed E-state index contributed by atoms with van der Waals surface area (Å²) in [5.41, 5.74) is 0.183. The maximum atomic E-state index is 13.0. The standard InChI is InChI=1S/C24H26N4O7S/c1-24(2,3)35-23(30)27-13-11-26(12-14-27)22-25-19-18(33-4)10-9-17(20(19)36-22)21(29)34-16-7-5-15(6-8-16)28(31)32/h5-10H,11-14H2,1-4H3. The monoisotopic (exact) mass is 514 g/mol.